The summed E-state index contributed by atoms with van der Waals surface area (Å²) in [4.78, 5) is 0. The maximum atomic E-state index is 10.6. The van der Waals surface area contributed by atoms with E-state index in [4.69, 9.17) is 0 Å². The zero-order valence-corrected chi connectivity index (χ0v) is 9.45. The van der Waals surface area contributed by atoms with E-state index in [9.17, 15) is 8.42 Å². The quantitative estimate of drug-likeness (QED) is 0.687. The zero-order valence-electron chi connectivity index (χ0n) is 8.63. The van der Waals surface area contributed by atoms with Gasteiger partial charge in [-0.2, -0.15) is 0 Å². The molecule has 1 aliphatic rings. The van der Waals surface area contributed by atoms with Gasteiger partial charge in [0.15, 0.2) is 0 Å². The van der Waals surface area contributed by atoms with Crippen LogP contribution in [0.5, 0.6) is 0 Å². The van der Waals surface area contributed by atoms with E-state index in [1.165, 1.54) is 12.7 Å². The Labute approximate surface area is 81.2 Å². The minimum Gasteiger partial charge on any atom is -0.315 e. The molecule has 1 rings (SSSR count). The fraction of sp³-hybridized carbons (Fsp3) is 1.00. The van der Waals surface area contributed by atoms with Crippen LogP contribution in [0.25, 0.3) is 0 Å². The monoisotopic (exact) mass is 208 g/mol. The Bertz CT molecular complexity index is 208. The molecule has 80 valence electrons. The smallest absolute Gasteiger partial charge is 0.208 e. The number of rotatable bonds is 2. The van der Waals surface area contributed by atoms with E-state index >= 15 is 0 Å². The van der Waals surface area contributed by atoms with Crippen molar-refractivity contribution < 1.29 is 8.42 Å². The van der Waals surface area contributed by atoms with Crippen molar-refractivity contribution in [3.05, 3.63) is 0 Å². The van der Waals surface area contributed by atoms with Gasteiger partial charge in [0.05, 0.1) is 6.26 Å². The third kappa shape index (κ3) is 8.21. The lowest BCUT2D eigenvalue weighted by Crippen LogP contribution is -2.35. The Hall–Kier alpha value is -0.130. The predicted molar refractivity (Wildman–Crippen MR) is 55.2 cm³/mol. The second kappa shape index (κ2) is 6.34. The van der Waals surface area contributed by atoms with Gasteiger partial charge < -0.3 is 5.32 Å². The minimum absolute atomic E-state index is 0.106. The largest absolute Gasteiger partial charge is 0.315 e. The second-order valence-electron chi connectivity index (χ2n) is 3.29. The molecule has 4 nitrogen and oxygen atoms in total. The summed E-state index contributed by atoms with van der Waals surface area (Å²) in [5.41, 5.74) is 0. The molecule has 0 spiro atoms. The highest BCUT2D eigenvalue weighted by Crippen LogP contribution is 1.97. The third-order valence-corrected chi connectivity index (χ3v) is 2.20. The Morgan fingerprint density at radius 3 is 2.31 bits per heavy atom. The fourth-order valence-electron chi connectivity index (χ4n) is 1.06. The van der Waals surface area contributed by atoms with Crippen molar-refractivity contribution in [1.82, 2.24) is 10.0 Å². The molecule has 0 amide bonds. The molecule has 1 saturated heterocycles. The fourth-order valence-corrected chi connectivity index (χ4v) is 1.86. The molecule has 1 unspecified atom stereocenters. The van der Waals surface area contributed by atoms with Gasteiger partial charge in [-0.1, -0.05) is 20.3 Å². The highest BCUT2D eigenvalue weighted by atomic mass is 32.2. The summed E-state index contributed by atoms with van der Waals surface area (Å²) < 4.78 is 23.8. The van der Waals surface area contributed by atoms with Crippen LogP contribution in [0.3, 0.4) is 0 Å². The highest BCUT2D eigenvalue weighted by molar-refractivity contribution is 7.88. The summed E-state index contributed by atoms with van der Waals surface area (Å²) in [5.74, 6) is 0. The van der Waals surface area contributed by atoms with Crippen molar-refractivity contribution in [3.63, 3.8) is 0 Å². The SMILES string of the molecule is CCC.CS(=O)(=O)NC1CCNC1. The summed E-state index contributed by atoms with van der Waals surface area (Å²) in [6.45, 7) is 5.92. The molecular weight excluding hydrogens is 188 g/mol. The van der Waals surface area contributed by atoms with Crippen LogP contribution < -0.4 is 10.0 Å². The number of hydrogen-bond donors (Lipinski definition) is 2. The van der Waals surface area contributed by atoms with Crippen LogP contribution in [-0.4, -0.2) is 33.8 Å². The molecule has 0 bridgehead atoms. The summed E-state index contributed by atoms with van der Waals surface area (Å²) in [6.07, 6.45) is 3.33. The average molecular weight is 208 g/mol. The van der Waals surface area contributed by atoms with Gasteiger partial charge in [-0.3, -0.25) is 0 Å². The van der Waals surface area contributed by atoms with Crippen LogP contribution in [0.4, 0.5) is 0 Å². The van der Waals surface area contributed by atoms with E-state index in [0.29, 0.717) is 0 Å². The van der Waals surface area contributed by atoms with Gasteiger partial charge >= 0.3 is 0 Å². The molecule has 0 aliphatic carbocycles. The lowest BCUT2D eigenvalue weighted by molar-refractivity contribution is 0.566. The van der Waals surface area contributed by atoms with Crippen LogP contribution in [0.1, 0.15) is 26.7 Å². The van der Waals surface area contributed by atoms with E-state index in [2.05, 4.69) is 23.9 Å². The molecule has 1 atom stereocenters. The van der Waals surface area contributed by atoms with Crippen molar-refractivity contribution in [1.29, 1.82) is 0 Å². The van der Waals surface area contributed by atoms with E-state index in [0.717, 1.165) is 19.5 Å². The first kappa shape index (κ1) is 12.9. The molecule has 0 radical (unpaired) electrons. The Kier molecular flexibility index (Phi) is 6.28. The number of nitrogens with one attached hydrogen (secondary N) is 2. The van der Waals surface area contributed by atoms with Gasteiger partial charge in [-0.05, 0) is 13.0 Å². The molecular formula is C8H20N2O2S. The summed E-state index contributed by atoms with van der Waals surface area (Å²) in [7, 11) is -3.00. The molecule has 1 fully saturated rings. The molecule has 0 aromatic rings. The molecule has 0 aromatic heterocycles. The van der Waals surface area contributed by atoms with Gasteiger partial charge in [0.1, 0.15) is 0 Å². The molecule has 5 heteroatoms. The summed E-state index contributed by atoms with van der Waals surface area (Å²) >= 11 is 0. The van der Waals surface area contributed by atoms with Crippen LogP contribution in [0.2, 0.25) is 0 Å². The first-order chi connectivity index (χ1) is 5.99. The number of sulfonamides is 1. The molecule has 0 saturated carbocycles. The maximum Gasteiger partial charge on any atom is 0.208 e. The Balaban J connectivity index is 0.000000424. The second-order valence-corrected chi connectivity index (χ2v) is 5.07. The van der Waals surface area contributed by atoms with Crippen LogP contribution in [0.15, 0.2) is 0 Å². The summed E-state index contributed by atoms with van der Waals surface area (Å²) in [6, 6.07) is 0.106. The number of hydrogen-bond acceptors (Lipinski definition) is 3. The van der Waals surface area contributed by atoms with Gasteiger partial charge in [-0.15, -0.1) is 0 Å². The van der Waals surface area contributed by atoms with Gasteiger partial charge in [0.25, 0.3) is 0 Å². The predicted octanol–water partition coefficient (Wildman–Crippen LogP) is 0.314. The van der Waals surface area contributed by atoms with Crippen molar-refractivity contribution in [3.8, 4) is 0 Å². The van der Waals surface area contributed by atoms with Crippen LogP contribution in [-0.2, 0) is 10.0 Å². The standard InChI is InChI=1S/C5H12N2O2S.C3H8/c1-10(8,9)7-5-2-3-6-4-5;1-3-2/h5-7H,2-4H2,1H3;3H2,1-2H3. The van der Waals surface area contributed by atoms with Crippen molar-refractivity contribution >= 4 is 10.0 Å². The summed E-state index contributed by atoms with van der Waals surface area (Å²) in [5, 5.41) is 3.07. The van der Waals surface area contributed by atoms with Crippen LogP contribution >= 0.6 is 0 Å². The van der Waals surface area contributed by atoms with E-state index < -0.39 is 10.0 Å². The minimum atomic E-state index is -3.00. The van der Waals surface area contributed by atoms with E-state index in [-0.39, 0.29) is 6.04 Å². The maximum absolute atomic E-state index is 10.6. The average Bonchev–Trinajstić information content (AvgIpc) is 2.37. The Morgan fingerprint density at radius 1 is 1.46 bits per heavy atom. The normalized spacial score (nSPS) is 22.2. The molecule has 1 aliphatic heterocycles. The van der Waals surface area contributed by atoms with Crippen molar-refractivity contribution in [2.75, 3.05) is 19.3 Å². The molecule has 1 heterocycles. The van der Waals surface area contributed by atoms with Crippen LogP contribution in [0, 0.1) is 0 Å². The van der Waals surface area contributed by atoms with Gasteiger partial charge in [-0.25, -0.2) is 13.1 Å². The lowest BCUT2D eigenvalue weighted by atomic mass is 10.3. The van der Waals surface area contributed by atoms with Gasteiger partial charge in [0.2, 0.25) is 10.0 Å². The molecule has 2 N–H and O–H groups in total. The lowest BCUT2D eigenvalue weighted by Gasteiger charge is -2.07. The zero-order chi connectivity index (χ0) is 10.3. The first-order valence-corrected chi connectivity index (χ1v) is 6.56. The highest BCUT2D eigenvalue weighted by Gasteiger charge is 2.17. The van der Waals surface area contributed by atoms with Gasteiger partial charge in [0, 0.05) is 12.6 Å². The van der Waals surface area contributed by atoms with E-state index in [1.54, 1.807) is 0 Å². The van der Waals surface area contributed by atoms with Crippen molar-refractivity contribution in [2.45, 2.75) is 32.7 Å². The Morgan fingerprint density at radius 2 is 2.00 bits per heavy atom. The first-order valence-electron chi connectivity index (χ1n) is 4.67. The third-order valence-electron chi connectivity index (χ3n) is 1.44. The molecule has 13 heavy (non-hydrogen) atoms. The topological polar surface area (TPSA) is 58.2 Å². The van der Waals surface area contributed by atoms with Crippen molar-refractivity contribution in [2.24, 2.45) is 0 Å². The van der Waals surface area contributed by atoms with E-state index in [1.807, 2.05) is 0 Å². The molecule has 0 aromatic carbocycles.